The molecule has 1 heterocycles. The number of amides is 2. The number of fused-ring (bicyclic) bond motifs is 1. The number of benzene rings is 1. The van der Waals surface area contributed by atoms with Crippen molar-refractivity contribution in [2.45, 2.75) is 6.42 Å². The van der Waals surface area contributed by atoms with Crippen LogP contribution in [0.3, 0.4) is 0 Å². The third-order valence-corrected chi connectivity index (χ3v) is 3.24. The molecule has 1 aromatic rings. The molecule has 1 aromatic carbocycles. The first-order chi connectivity index (χ1) is 8.56. The molecule has 1 aliphatic heterocycles. The Balaban J connectivity index is 2.36. The summed E-state index contributed by atoms with van der Waals surface area (Å²) in [6.45, 7) is 0.311. The quantitative estimate of drug-likeness (QED) is 0.368. The molecule has 0 saturated carbocycles. The maximum Gasteiger partial charge on any atom is 0.270 e. The van der Waals surface area contributed by atoms with E-state index in [2.05, 4.69) is 15.9 Å². The molecule has 0 bridgehead atoms. The van der Waals surface area contributed by atoms with Crippen molar-refractivity contribution in [2.24, 2.45) is 0 Å². The van der Waals surface area contributed by atoms with Gasteiger partial charge in [0.25, 0.3) is 17.5 Å². The molecule has 0 unspecified atom stereocenters. The minimum atomic E-state index is -0.584. The van der Waals surface area contributed by atoms with Crippen molar-refractivity contribution in [1.82, 2.24) is 4.90 Å². The van der Waals surface area contributed by atoms with Crippen LogP contribution < -0.4 is 0 Å². The second-order valence-electron chi connectivity index (χ2n) is 3.79. The molecule has 0 saturated heterocycles. The van der Waals surface area contributed by atoms with E-state index < -0.39 is 10.8 Å². The van der Waals surface area contributed by atoms with E-state index in [0.29, 0.717) is 18.3 Å². The van der Waals surface area contributed by atoms with Crippen LogP contribution in [0.25, 0.3) is 0 Å². The number of carbonyl (C=O) groups is 2. The van der Waals surface area contributed by atoms with Crippen LogP contribution in [0.2, 0.25) is 0 Å². The Morgan fingerprint density at radius 1 is 1.22 bits per heavy atom. The fraction of sp³-hybridized carbons (Fsp3) is 0.273. The number of hydrogen-bond acceptors (Lipinski definition) is 4. The number of alkyl halides is 1. The number of carbonyl (C=O) groups excluding carboxylic acids is 2. The van der Waals surface area contributed by atoms with Gasteiger partial charge in [-0.1, -0.05) is 15.9 Å². The fourth-order valence-electron chi connectivity index (χ4n) is 1.81. The molecule has 0 atom stereocenters. The average Bonchev–Trinajstić information content (AvgIpc) is 2.59. The molecular formula is C11H9BrN2O4. The summed E-state index contributed by atoms with van der Waals surface area (Å²) in [7, 11) is 0. The van der Waals surface area contributed by atoms with Crippen LogP contribution in [-0.2, 0) is 0 Å². The van der Waals surface area contributed by atoms with E-state index in [1.165, 1.54) is 12.1 Å². The topological polar surface area (TPSA) is 80.5 Å². The molecule has 0 fully saturated rings. The summed E-state index contributed by atoms with van der Waals surface area (Å²) in [6, 6.07) is 3.73. The van der Waals surface area contributed by atoms with Crippen molar-refractivity contribution in [2.75, 3.05) is 11.9 Å². The smallest absolute Gasteiger partial charge is 0.270 e. The van der Waals surface area contributed by atoms with E-state index >= 15 is 0 Å². The number of hydrogen-bond donors (Lipinski definition) is 0. The molecule has 1 aliphatic rings. The van der Waals surface area contributed by atoms with Gasteiger partial charge in [0.15, 0.2) is 0 Å². The maximum absolute atomic E-state index is 12.0. The van der Waals surface area contributed by atoms with Gasteiger partial charge in [-0.15, -0.1) is 0 Å². The molecule has 0 aliphatic carbocycles. The molecule has 2 amide bonds. The Labute approximate surface area is 111 Å². The maximum atomic E-state index is 12.0. The first kappa shape index (κ1) is 12.7. The summed E-state index contributed by atoms with van der Waals surface area (Å²) < 4.78 is 0. The molecule has 0 N–H and O–H groups in total. The van der Waals surface area contributed by atoms with Crippen LogP contribution in [-0.4, -0.2) is 33.5 Å². The SMILES string of the molecule is O=C1c2ccc([N+](=O)[O-])cc2C(=O)N1CCCBr. The van der Waals surface area contributed by atoms with E-state index in [1.54, 1.807) is 0 Å². The summed E-state index contributed by atoms with van der Waals surface area (Å²) in [6.07, 6.45) is 0.646. The zero-order valence-electron chi connectivity index (χ0n) is 9.26. The number of rotatable bonds is 4. The molecule has 0 radical (unpaired) electrons. The Hall–Kier alpha value is -1.76. The summed E-state index contributed by atoms with van der Waals surface area (Å²) in [5.74, 6) is -0.842. The van der Waals surface area contributed by atoms with Crippen LogP contribution in [0.4, 0.5) is 5.69 Å². The molecule has 0 spiro atoms. The van der Waals surface area contributed by atoms with Crippen molar-refractivity contribution in [3.63, 3.8) is 0 Å². The van der Waals surface area contributed by atoms with E-state index in [9.17, 15) is 19.7 Å². The zero-order chi connectivity index (χ0) is 13.3. The predicted molar refractivity (Wildman–Crippen MR) is 66.9 cm³/mol. The lowest BCUT2D eigenvalue weighted by atomic mass is 10.1. The number of halogens is 1. The van der Waals surface area contributed by atoms with Gasteiger partial charge in [-0.25, -0.2) is 0 Å². The summed E-state index contributed by atoms with van der Waals surface area (Å²) >= 11 is 3.22. The van der Waals surface area contributed by atoms with Crippen LogP contribution >= 0.6 is 15.9 Å². The first-order valence-corrected chi connectivity index (χ1v) is 6.39. The molecule has 2 rings (SSSR count). The van der Waals surface area contributed by atoms with E-state index in [4.69, 9.17) is 0 Å². The Morgan fingerprint density at radius 3 is 2.50 bits per heavy atom. The van der Waals surface area contributed by atoms with E-state index in [-0.39, 0.29) is 22.7 Å². The summed E-state index contributed by atoms with van der Waals surface area (Å²) in [5, 5.41) is 11.3. The average molecular weight is 313 g/mol. The molecule has 7 heteroatoms. The molecule has 18 heavy (non-hydrogen) atoms. The first-order valence-electron chi connectivity index (χ1n) is 5.27. The molecule has 94 valence electrons. The minimum absolute atomic E-state index is 0.115. The van der Waals surface area contributed by atoms with Gasteiger partial charge in [0.1, 0.15) is 0 Å². The van der Waals surface area contributed by atoms with Crippen molar-refractivity contribution < 1.29 is 14.5 Å². The Kier molecular flexibility index (Phi) is 3.42. The predicted octanol–water partition coefficient (Wildman–Crippen LogP) is 1.98. The summed E-state index contributed by atoms with van der Waals surface area (Å²) in [4.78, 5) is 35.0. The second kappa shape index (κ2) is 4.85. The van der Waals surface area contributed by atoms with Gasteiger partial charge in [0.05, 0.1) is 16.1 Å². The van der Waals surface area contributed by atoms with Crippen LogP contribution in [0.15, 0.2) is 18.2 Å². The highest BCUT2D eigenvalue weighted by atomic mass is 79.9. The van der Waals surface area contributed by atoms with Gasteiger partial charge in [0.2, 0.25) is 0 Å². The van der Waals surface area contributed by atoms with Gasteiger partial charge in [-0.05, 0) is 12.5 Å². The van der Waals surface area contributed by atoms with Gasteiger partial charge in [-0.3, -0.25) is 24.6 Å². The van der Waals surface area contributed by atoms with Crippen molar-refractivity contribution in [1.29, 1.82) is 0 Å². The Morgan fingerprint density at radius 2 is 1.89 bits per heavy atom. The lowest BCUT2D eigenvalue weighted by Gasteiger charge is -2.11. The normalized spacial score (nSPS) is 13.9. The number of non-ortho nitro benzene ring substituents is 1. The number of imide groups is 1. The second-order valence-corrected chi connectivity index (χ2v) is 4.58. The van der Waals surface area contributed by atoms with Crippen LogP contribution in [0.5, 0.6) is 0 Å². The highest BCUT2D eigenvalue weighted by Crippen LogP contribution is 2.26. The Bertz CT molecular complexity index is 544. The highest BCUT2D eigenvalue weighted by Gasteiger charge is 2.36. The van der Waals surface area contributed by atoms with E-state index in [0.717, 1.165) is 11.0 Å². The fourth-order valence-corrected chi connectivity index (χ4v) is 2.06. The van der Waals surface area contributed by atoms with Gasteiger partial charge < -0.3 is 0 Å². The van der Waals surface area contributed by atoms with Gasteiger partial charge in [-0.2, -0.15) is 0 Å². The number of nitro benzene ring substituents is 1. The van der Waals surface area contributed by atoms with Gasteiger partial charge in [0, 0.05) is 24.0 Å². The monoisotopic (exact) mass is 312 g/mol. The number of nitrogens with zero attached hydrogens (tertiary/aromatic N) is 2. The minimum Gasteiger partial charge on any atom is -0.274 e. The summed E-state index contributed by atoms with van der Waals surface area (Å²) in [5.41, 5.74) is 0.168. The lowest BCUT2D eigenvalue weighted by molar-refractivity contribution is -0.384. The standard InChI is InChI=1S/C11H9BrN2O4/c12-4-1-5-13-10(15)8-3-2-7(14(17)18)6-9(8)11(13)16/h2-3,6H,1,4-5H2. The van der Waals surface area contributed by atoms with Gasteiger partial charge >= 0.3 is 0 Å². The van der Waals surface area contributed by atoms with Crippen molar-refractivity contribution in [3.05, 3.63) is 39.4 Å². The third kappa shape index (κ3) is 2.01. The zero-order valence-corrected chi connectivity index (χ0v) is 10.8. The third-order valence-electron chi connectivity index (χ3n) is 2.68. The van der Waals surface area contributed by atoms with E-state index in [1.807, 2.05) is 0 Å². The van der Waals surface area contributed by atoms with Crippen LogP contribution in [0.1, 0.15) is 27.1 Å². The van der Waals surface area contributed by atoms with Crippen molar-refractivity contribution in [3.8, 4) is 0 Å². The molecule has 6 nitrogen and oxygen atoms in total. The van der Waals surface area contributed by atoms with Crippen LogP contribution in [0, 0.1) is 10.1 Å². The number of nitro groups is 1. The highest BCUT2D eigenvalue weighted by molar-refractivity contribution is 9.09. The lowest BCUT2D eigenvalue weighted by Crippen LogP contribution is -2.30. The molecule has 0 aromatic heterocycles. The molecular weight excluding hydrogens is 304 g/mol. The van der Waals surface area contributed by atoms with Crippen molar-refractivity contribution >= 4 is 33.4 Å². The largest absolute Gasteiger partial charge is 0.274 e.